The van der Waals surface area contributed by atoms with Crippen molar-refractivity contribution in [3.05, 3.63) is 0 Å². The summed E-state index contributed by atoms with van der Waals surface area (Å²) >= 11 is 0. The van der Waals surface area contributed by atoms with E-state index in [9.17, 15) is 13.2 Å². The molecule has 1 fully saturated rings. The molecule has 2 N–H and O–H groups in total. The molecule has 6 heteroatoms. The molecular weight excluding hydrogens is 233 g/mol. The van der Waals surface area contributed by atoms with Crippen LogP contribution in [0.5, 0.6) is 0 Å². The minimum atomic E-state index is -4.10. The maximum absolute atomic E-state index is 12.1. The Morgan fingerprint density at radius 1 is 1.35 bits per heavy atom. The smallest absolute Gasteiger partial charge is 0.379 e. The standard InChI is InChI=1S/C11H21F3N2O/c1-3-15-10-7-17-6-9(10)5-16-8(2)4-11(12,13)14/h8-10,15-16H,3-7H2,1-2H3. The van der Waals surface area contributed by atoms with Gasteiger partial charge in [0, 0.05) is 24.5 Å². The Morgan fingerprint density at radius 2 is 2.06 bits per heavy atom. The second-order valence-electron chi connectivity index (χ2n) is 4.59. The van der Waals surface area contributed by atoms with Crippen LogP contribution in [0.4, 0.5) is 13.2 Å². The van der Waals surface area contributed by atoms with Crippen molar-refractivity contribution >= 4 is 0 Å². The minimum absolute atomic E-state index is 0.255. The highest BCUT2D eigenvalue weighted by molar-refractivity contribution is 4.83. The number of hydrogen-bond donors (Lipinski definition) is 2. The summed E-state index contributed by atoms with van der Waals surface area (Å²) in [6.45, 7) is 6.25. The van der Waals surface area contributed by atoms with E-state index in [1.54, 1.807) is 6.92 Å². The van der Waals surface area contributed by atoms with E-state index in [4.69, 9.17) is 4.74 Å². The average Bonchev–Trinajstić information content (AvgIpc) is 2.60. The van der Waals surface area contributed by atoms with Gasteiger partial charge in [0.25, 0.3) is 0 Å². The van der Waals surface area contributed by atoms with Crippen molar-refractivity contribution in [1.29, 1.82) is 0 Å². The zero-order chi connectivity index (χ0) is 12.9. The van der Waals surface area contributed by atoms with Crippen molar-refractivity contribution in [3.8, 4) is 0 Å². The molecule has 1 aliphatic heterocycles. The quantitative estimate of drug-likeness (QED) is 0.754. The monoisotopic (exact) mass is 254 g/mol. The third-order valence-electron chi connectivity index (χ3n) is 2.93. The molecule has 1 aliphatic rings. The molecule has 0 aromatic rings. The third kappa shape index (κ3) is 5.70. The van der Waals surface area contributed by atoms with Gasteiger partial charge in [0.1, 0.15) is 0 Å². The zero-order valence-electron chi connectivity index (χ0n) is 10.3. The lowest BCUT2D eigenvalue weighted by molar-refractivity contribution is -0.139. The van der Waals surface area contributed by atoms with Crippen molar-refractivity contribution < 1.29 is 17.9 Å². The van der Waals surface area contributed by atoms with Crippen LogP contribution in [0.1, 0.15) is 20.3 Å². The summed E-state index contributed by atoms with van der Waals surface area (Å²) in [6, 6.07) is -0.288. The largest absolute Gasteiger partial charge is 0.390 e. The third-order valence-corrected chi connectivity index (χ3v) is 2.93. The molecule has 3 nitrogen and oxygen atoms in total. The SMILES string of the molecule is CCNC1COCC1CNC(C)CC(F)(F)F. The second kappa shape index (κ2) is 6.56. The molecule has 0 bridgehead atoms. The molecule has 3 atom stereocenters. The molecule has 1 rings (SSSR count). The van der Waals surface area contributed by atoms with E-state index >= 15 is 0 Å². The number of alkyl halides is 3. The lowest BCUT2D eigenvalue weighted by atomic mass is 10.0. The van der Waals surface area contributed by atoms with Crippen LogP contribution in [0.3, 0.4) is 0 Å². The Balaban J connectivity index is 2.25. The molecule has 0 aromatic carbocycles. The summed E-state index contributed by atoms with van der Waals surface area (Å²) in [4.78, 5) is 0. The van der Waals surface area contributed by atoms with Crippen molar-refractivity contribution in [3.63, 3.8) is 0 Å². The van der Waals surface area contributed by atoms with Crippen LogP contribution >= 0.6 is 0 Å². The van der Waals surface area contributed by atoms with E-state index in [1.807, 2.05) is 6.92 Å². The van der Waals surface area contributed by atoms with Gasteiger partial charge in [-0.2, -0.15) is 13.2 Å². The van der Waals surface area contributed by atoms with Gasteiger partial charge in [0.05, 0.1) is 19.6 Å². The van der Waals surface area contributed by atoms with Crippen molar-refractivity contribution in [2.75, 3.05) is 26.3 Å². The van der Waals surface area contributed by atoms with Gasteiger partial charge in [-0.15, -0.1) is 0 Å². The normalized spacial score (nSPS) is 27.4. The van der Waals surface area contributed by atoms with Gasteiger partial charge in [0.15, 0.2) is 0 Å². The van der Waals surface area contributed by atoms with Crippen LogP contribution in [-0.4, -0.2) is 44.6 Å². The van der Waals surface area contributed by atoms with Gasteiger partial charge in [-0.1, -0.05) is 6.92 Å². The van der Waals surface area contributed by atoms with Crippen LogP contribution in [-0.2, 0) is 4.74 Å². The Labute approximate surface area is 100 Å². The summed E-state index contributed by atoms with van der Waals surface area (Å²) < 4.78 is 41.7. The summed E-state index contributed by atoms with van der Waals surface area (Å²) in [6.07, 6.45) is -4.88. The molecular formula is C11H21F3N2O. The first-order valence-electron chi connectivity index (χ1n) is 6.03. The van der Waals surface area contributed by atoms with Crippen LogP contribution in [0.25, 0.3) is 0 Å². The predicted octanol–water partition coefficient (Wildman–Crippen LogP) is 1.54. The number of nitrogens with one attached hydrogen (secondary N) is 2. The highest BCUT2D eigenvalue weighted by Gasteiger charge is 2.31. The molecule has 0 amide bonds. The van der Waals surface area contributed by atoms with Gasteiger partial charge in [0.2, 0.25) is 0 Å². The van der Waals surface area contributed by atoms with Crippen LogP contribution in [0, 0.1) is 5.92 Å². The molecule has 0 aliphatic carbocycles. The molecule has 0 radical (unpaired) electrons. The molecule has 1 heterocycles. The second-order valence-corrected chi connectivity index (χ2v) is 4.59. The maximum Gasteiger partial charge on any atom is 0.390 e. The number of halogens is 3. The van der Waals surface area contributed by atoms with E-state index in [0.717, 1.165) is 6.54 Å². The first-order chi connectivity index (χ1) is 7.92. The predicted molar refractivity (Wildman–Crippen MR) is 59.9 cm³/mol. The van der Waals surface area contributed by atoms with E-state index in [-0.39, 0.29) is 12.0 Å². The van der Waals surface area contributed by atoms with Crippen molar-refractivity contribution in [2.24, 2.45) is 5.92 Å². The Bertz CT molecular complexity index is 223. The maximum atomic E-state index is 12.1. The van der Waals surface area contributed by atoms with E-state index in [0.29, 0.717) is 19.8 Å². The zero-order valence-corrected chi connectivity index (χ0v) is 10.3. The first kappa shape index (κ1) is 14.7. The summed E-state index contributed by atoms with van der Waals surface area (Å²) in [5, 5.41) is 6.21. The fraction of sp³-hybridized carbons (Fsp3) is 1.00. The van der Waals surface area contributed by atoms with Gasteiger partial charge >= 0.3 is 6.18 Å². The minimum Gasteiger partial charge on any atom is -0.379 e. The summed E-state index contributed by atoms with van der Waals surface area (Å²) in [5.74, 6) is 0.255. The van der Waals surface area contributed by atoms with Crippen LogP contribution in [0.2, 0.25) is 0 Å². The summed E-state index contributed by atoms with van der Waals surface area (Å²) in [7, 11) is 0. The number of ether oxygens (including phenoxy) is 1. The Hall–Kier alpha value is -0.330. The number of hydrogen-bond acceptors (Lipinski definition) is 3. The molecule has 0 aromatic heterocycles. The Kier molecular flexibility index (Phi) is 5.69. The van der Waals surface area contributed by atoms with Crippen LogP contribution < -0.4 is 10.6 Å². The molecule has 17 heavy (non-hydrogen) atoms. The van der Waals surface area contributed by atoms with E-state index < -0.39 is 18.6 Å². The van der Waals surface area contributed by atoms with Crippen molar-refractivity contribution in [2.45, 2.75) is 38.5 Å². The molecule has 0 spiro atoms. The van der Waals surface area contributed by atoms with Crippen LogP contribution in [0.15, 0.2) is 0 Å². The fourth-order valence-electron chi connectivity index (χ4n) is 2.06. The Morgan fingerprint density at radius 3 is 2.65 bits per heavy atom. The van der Waals surface area contributed by atoms with Gasteiger partial charge in [-0.25, -0.2) is 0 Å². The van der Waals surface area contributed by atoms with Gasteiger partial charge in [-0.3, -0.25) is 0 Å². The molecule has 0 saturated carbocycles. The molecule has 102 valence electrons. The number of rotatable bonds is 6. The highest BCUT2D eigenvalue weighted by atomic mass is 19.4. The van der Waals surface area contributed by atoms with E-state index in [2.05, 4.69) is 10.6 Å². The number of likely N-dealkylation sites (N-methyl/N-ethyl adjacent to an activating group) is 1. The van der Waals surface area contributed by atoms with E-state index in [1.165, 1.54) is 0 Å². The lowest BCUT2D eigenvalue weighted by Crippen LogP contribution is -2.42. The summed E-state index contributed by atoms with van der Waals surface area (Å²) in [5.41, 5.74) is 0. The topological polar surface area (TPSA) is 33.3 Å². The molecule has 1 saturated heterocycles. The first-order valence-corrected chi connectivity index (χ1v) is 6.03. The fourth-order valence-corrected chi connectivity index (χ4v) is 2.06. The van der Waals surface area contributed by atoms with Gasteiger partial charge in [-0.05, 0) is 13.5 Å². The lowest BCUT2D eigenvalue weighted by Gasteiger charge is -2.22. The average molecular weight is 254 g/mol. The highest BCUT2D eigenvalue weighted by Crippen LogP contribution is 2.21. The van der Waals surface area contributed by atoms with Gasteiger partial charge < -0.3 is 15.4 Å². The van der Waals surface area contributed by atoms with Crippen molar-refractivity contribution in [1.82, 2.24) is 10.6 Å². The molecule has 3 unspecified atom stereocenters.